The zero-order valence-electron chi connectivity index (χ0n) is 10.4. The second-order valence-corrected chi connectivity index (χ2v) is 5.16. The highest BCUT2D eigenvalue weighted by Gasteiger charge is 2.32. The lowest BCUT2D eigenvalue weighted by molar-refractivity contribution is -0.127. The minimum absolute atomic E-state index is 0.0809. The lowest BCUT2D eigenvalue weighted by Crippen LogP contribution is -2.54. The number of carbonyl (C=O) groups excluding carboxylic acids is 2. The van der Waals surface area contributed by atoms with Gasteiger partial charge in [0, 0.05) is 12.1 Å². The highest BCUT2D eigenvalue weighted by Crippen LogP contribution is 2.29. The maximum atomic E-state index is 12.4. The van der Waals surface area contributed by atoms with E-state index in [2.05, 4.69) is 0 Å². The van der Waals surface area contributed by atoms with Crippen molar-refractivity contribution in [2.24, 2.45) is 5.73 Å². The highest BCUT2D eigenvalue weighted by atomic mass is 35.5. The van der Waals surface area contributed by atoms with Gasteiger partial charge in [0.25, 0.3) is 5.91 Å². The molecular weight excluding hydrogens is 305 g/mol. The minimum atomic E-state index is -0.800. The molecule has 0 spiro atoms. The fourth-order valence-corrected chi connectivity index (χ4v) is 2.44. The maximum Gasteiger partial charge on any atom is 0.254 e. The molecule has 1 aromatic carbocycles. The summed E-state index contributed by atoms with van der Waals surface area (Å²) in [7, 11) is 0. The predicted molar refractivity (Wildman–Crippen MR) is 75.7 cm³/mol. The van der Waals surface area contributed by atoms with Crippen molar-refractivity contribution in [1.82, 2.24) is 4.90 Å². The molecule has 1 atom stereocenters. The van der Waals surface area contributed by atoms with Crippen LogP contribution in [0, 0.1) is 0 Å². The third kappa shape index (κ3) is 2.82. The third-order valence-electron chi connectivity index (χ3n) is 3.04. The van der Waals surface area contributed by atoms with Crippen LogP contribution < -0.4 is 11.5 Å². The zero-order valence-corrected chi connectivity index (χ0v) is 11.9. The summed E-state index contributed by atoms with van der Waals surface area (Å²) < 4.78 is 5.16. The average molecular weight is 318 g/mol. The van der Waals surface area contributed by atoms with Gasteiger partial charge in [0.05, 0.1) is 28.9 Å². The number of carbonyl (C=O) groups is 2. The number of rotatable bonds is 2. The molecule has 1 saturated heterocycles. The van der Waals surface area contributed by atoms with Gasteiger partial charge in [-0.2, -0.15) is 0 Å². The molecule has 4 N–H and O–H groups in total. The molecule has 1 aliphatic rings. The first-order chi connectivity index (χ1) is 9.41. The van der Waals surface area contributed by atoms with Crippen LogP contribution in [0.5, 0.6) is 0 Å². The molecule has 2 rings (SSSR count). The number of halogens is 2. The summed E-state index contributed by atoms with van der Waals surface area (Å²) in [6.45, 7) is 0.690. The van der Waals surface area contributed by atoms with Gasteiger partial charge in [-0.25, -0.2) is 0 Å². The number of anilines is 1. The van der Waals surface area contributed by atoms with Crippen LogP contribution in [0.15, 0.2) is 12.1 Å². The molecule has 6 nitrogen and oxygen atoms in total. The van der Waals surface area contributed by atoms with Crippen LogP contribution in [0.3, 0.4) is 0 Å². The van der Waals surface area contributed by atoms with E-state index < -0.39 is 11.9 Å². The maximum absolute atomic E-state index is 12.4. The van der Waals surface area contributed by atoms with Crippen molar-refractivity contribution in [2.75, 3.05) is 25.5 Å². The number of hydrogen-bond acceptors (Lipinski definition) is 4. The lowest BCUT2D eigenvalue weighted by atomic mass is 10.1. The largest absolute Gasteiger partial charge is 0.396 e. The lowest BCUT2D eigenvalue weighted by Gasteiger charge is -2.33. The first kappa shape index (κ1) is 14.9. The molecule has 1 aromatic rings. The molecule has 2 amide bonds. The van der Waals surface area contributed by atoms with E-state index in [0.29, 0.717) is 6.61 Å². The van der Waals surface area contributed by atoms with Crippen LogP contribution in [-0.4, -0.2) is 42.5 Å². The smallest absolute Gasteiger partial charge is 0.254 e. The second-order valence-electron chi connectivity index (χ2n) is 4.35. The topological polar surface area (TPSA) is 98.7 Å². The number of primary amides is 1. The molecule has 20 heavy (non-hydrogen) atoms. The Balaban J connectivity index is 2.32. The minimum Gasteiger partial charge on any atom is -0.396 e. The first-order valence-corrected chi connectivity index (χ1v) is 6.60. The SMILES string of the molecule is NC(=O)C1COCCN1C(=O)c1cc(Cl)c(N)c(Cl)c1. The Morgan fingerprint density at radius 1 is 1.30 bits per heavy atom. The van der Waals surface area contributed by atoms with Crippen molar-refractivity contribution in [3.8, 4) is 0 Å². The molecule has 1 aliphatic heterocycles. The van der Waals surface area contributed by atoms with Crippen molar-refractivity contribution >= 4 is 40.7 Å². The van der Waals surface area contributed by atoms with Gasteiger partial charge >= 0.3 is 0 Å². The van der Waals surface area contributed by atoms with Crippen LogP contribution in [0.1, 0.15) is 10.4 Å². The Labute approximate surface area is 125 Å². The summed E-state index contributed by atoms with van der Waals surface area (Å²) in [4.78, 5) is 25.2. The van der Waals surface area contributed by atoms with Crippen LogP contribution in [-0.2, 0) is 9.53 Å². The molecule has 0 aliphatic carbocycles. The van der Waals surface area contributed by atoms with Gasteiger partial charge in [-0.15, -0.1) is 0 Å². The molecule has 1 unspecified atom stereocenters. The molecule has 1 fully saturated rings. The number of hydrogen-bond donors (Lipinski definition) is 2. The Morgan fingerprint density at radius 2 is 1.90 bits per heavy atom. The van der Waals surface area contributed by atoms with E-state index in [4.69, 9.17) is 39.4 Å². The third-order valence-corrected chi connectivity index (χ3v) is 3.67. The first-order valence-electron chi connectivity index (χ1n) is 5.84. The number of morpholine rings is 1. The molecular formula is C12H13Cl2N3O3. The summed E-state index contributed by atoms with van der Waals surface area (Å²) in [6.07, 6.45) is 0. The zero-order chi connectivity index (χ0) is 14.9. The molecule has 0 aromatic heterocycles. The van der Waals surface area contributed by atoms with E-state index in [9.17, 15) is 9.59 Å². The molecule has 0 bridgehead atoms. The monoisotopic (exact) mass is 317 g/mol. The number of benzene rings is 1. The summed E-state index contributed by atoms with van der Waals surface area (Å²) in [5, 5.41) is 0.370. The van der Waals surface area contributed by atoms with Crippen molar-refractivity contribution in [2.45, 2.75) is 6.04 Å². The molecule has 0 saturated carbocycles. The Bertz CT molecular complexity index is 542. The van der Waals surface area contributed by atoms with Gasteiger partial charge in [0.15, 0.2) is 0 Å². The van der Waals surface area contributed by atoms with Gasteiger partial charge in [-0.3, -0.25) is 9.59 Å². The normalized spacial score (nSPS) is 18.9. The van der Waals surface area contributed by atoms with Gasteiger partial charge in [-0.05, 0) is 12.1 Å². The fraction of sp³-hybridized carbons (Fsp3) is 0.333. The Hall–Kier alpha value is -1.50. The van der Waals surface area contributed by atoms with Crippen LogP contribution in [0.25, 0.3) is 0 Å². The Kier molecular flexibility index (Phi) is 4.37. The van der Waals surface area contributed by atoms with Gasteiger partial charge < -0.3 is 21.1 Å². The summed E-state index contributed by atoms with van der Waals surface area (Å²) >= 11 is 11.8. The van der Waals surface area contributed by atoms with Crippen molar-refractivity contribution in [3.63, 3.8) is 0 Å². The van der Waals surface area contributed by atoms with E-state index in [1.54, 1.807) is 0 Å². The molecule has 8 heteroatoms. The predicted octanol–water partition coefficient (Wildman–Crippen LogP) is 0.902. The number of nitrogen functional groups attached to an aromatic ring is 1. The van der Waals surface area contributed by atoms with E-state index in [1.807, 2.05) is 0 Å². The van der Waals surface area contributed by atoms with Crippen LogP contribution >= 0.6 is 23.2 Å². The van der Waals surface area contributed by atoms with Gasteiger partial charge in [0.1, 0.15) is 6.04 Å². The second kappa shape index (κ2) is 5.87. The average Bonchev–Trinajstić information content (AvgIpc) is 2.43. The number of amides is 2. The molecule has 0 radical (unpaired) electrons. The number of nitrogens with two attached hydrogens (primary N) is 2. The Morgan fingerprint density at radius 3 is 2.45 bits per heavy atom. The molecule has 1 heterocycles. The van der Waals surface area contributed by atoms with Crippen LogP contribution in [0.4, 0.5) is 5.69 Å². The standard InChI is InChI=1S/C12H13Cl2N3O3/c13-7-3-6(4-8(14)10(7)15)12(19)17-1-2-20-5-9(17)11(16)18/h3-4,9H,1-2,5,15H2,(H2,16,18). The van der Waals surface area contributed by atoms with Crippen molar-refractivity contribution in [3.05, 3.63) is 27.7 Å². The summed E-state index contributed by atoms with van der Waals surface area (Å²) in [5.74, 6) is -1.01. The van der Waals surface area contributed by atoms with E-state index >= 15 is 0 Å². The number of ether oxygens (including phenoxy) is 1. The fourth-order valence-electron chi connectivity index (χ4n) is 1.96. The van der Waals surface area contributed by atoms with E-state index in [1.165, 1.54) is 17.0 Å². The van der Waals surface area contributed by atoms with E-state index in [-0.39, 0.29) is 40.4 Å². The molecule has 108 valence electrons. The van der Waals surface area contributed by atoms with Crippen LogP contribution in [0.2, 0.25) is 10.0 Å². The van der Waals surface area contributed by atoms with Gasteiger partial charge in [0.2, 0.25) is 5.91 Å². The highest BCUT2D eigenvalue weighted by molar-refractivity contribution is 6.39. The van der Waals surface area contributed by atoms with Crippen molar-refractivity contribution < 1.29 is 14.3 Å². The van der Waals surface area contributed by atoms with E-state index in [0.717, 1.165) is 0 Å². The quantitative estimate of drug-likeness (QED) is 0.792. The number of nitrogens with zero attached hydrogens (tertiary/aromatic N) is 1. The van der Waals surface area contributed by atoms with Gasteiger partial charge in [-0.1, -0.05) is 23.2 Å². The summed E-state index contributed by atoms with van der Waals surface area (Å²) in [6, 6.07) is 2.03. The summed E-state index contributed by atoms with van der Waals surface area (Å²) in [5.41, 5.74) is 11.4. The van der Waals surface area contributed by atoms with Crippen molar-refractivity contribution in [1.29, 1.82) is 0 Å².